The molecular weight excluding hydrogens is 396 g/mol. The van der Waals surface area contributed by atoms with Crippen molar-refractivity contribution in [3.63, 3.8) is 0 Å². The van der Waals surface area contributed by atoms with Crippen molar-refractivity contribution in [2.75, 3.05) is 0 Å². The minimum atomic E-state index is -1.14. The van der Waals surface area contributed by atoms with E-state index >= 15 is 0 Å². The molecule has 142 valence electrons. The molecule has 3 aromatic rings. The second kappa shape index (κ2) is 7.32. The number of hydrogen-bond donors (Lipinski definition) is 2. The zero-order valence-corrected chi connectivity index (χ0v) is 14.4. The van der Waals surface area contributed by atoms with Gasteiger partial charge in [-0.1, -0.05) is 11.6 Å². The van der Waals surface area contributed by atoms with Gasteiger partial charge < -0.3 is 9.40 Å². The van der Waals surface area contributed by atoms with Crippen LogP contribution in [-0.4, -0.2) is 19.8 Å². The normalized spacial score (nSPS) is 11.0. The van der Waals surface area contributed by atoms with Crippen molar-refractivity contribution in [2.45, 2.75) is 0 Å². The molecule has 3 rings (SSSR count). The van der Waals surface area contributed by atoms with E-state index in [0.717, 1.165) is 6.08 Å². The van der Waals surface area contributed by atoms with E-state index in [-0.39, 0.29) is 33.5 Å². The van der Waals surface area contributed by atoms with E-state index in [4.69, 9.17) is 16.0 Å². The van der Waals surface area contributed by atoms with Gasteiger partial charge in [-0.05, 0) is 30.4 Å². The third-order valence-electron chi connectivity index (χ3n) is 3.60. The highest BCUT2D eigenvalue weighted by Gasteiger charge is 2.19. The zero-order chi connectivity index (χ0) is 20.4. The lowest BCUT2D eigenvalue weighted by Crippen LogP contribution is -2.25. The Morgan fingerprint density at radius 3 is 2.43 bits per heavy atom. The minimum Gasteiger partial charge on any atom is -0.457 e. The Balaban J connectivity index is 1.98. The van der Waals surface area contributed by atoms with E-state index in [9.17, 15) is 29.8 Å². The highest BCUT2D eigenvalue weighted by Crippen LogP contribution is 2.33. The predicted octanol–water partition coefficient (Wildman–Crippen LogP) is 2.96. The number of benzene rings is 1. The first-order chi connectivity index (χ1) is 13.3. The molecule has 0 fully saturated rings. The number of nitrogens with zero attached hydrogens (tertiary/aromatic N) is 2. The molecule has 1 aromatic carbocycles. The van der Waals surface area contributed by atoms with Gasteiger partial charge in [-0.15, -0.1) is 0 Å². The number of nitro groups is 2. The lowest BCUT2D eigenvalue weighted by atomic mass is 10.1. The number of hydrogen-bond acceptors (Lipinski definition) is 7. The molecule has 0 spiro atoms. The lowest BCUT2D eigenvalue weighted by Gasteiger charge is -2.00. The average molecular weight is 405 g/mol. The maximum atomic E-state index is 11.6. The number of non-ortho nitro benzene ring substituents is 1. The number of halogens is 1. The van der Waals surface area contributed by atoms with Crippen LogP contribution < -0.4 is 11.2 Å². The van der Waals surface area contributed by atoms with Gasteiger partial charge in [0.15, 0.2) is 0 Å². The molecular formula is C16H9ClN4O7. The summed E-state index contributed by atoms with van der Waals surface area (Å²) in [6.07, 6.45) is 2.42. The van der Waals surface area contributed by atoms with E-state index in [1.807, 2.05) is 0 Å². The fraction of sp³-hybridized carbons (Fsp3) is 0. The average Bonchev–Trinajstić information content (AvgIpc) is 3.07. The summed E-state index contributed by atoms with van der Waals surface area (Å²) in [5, 5.41) is 22.2. The lowest BCUT2D eigenvalue weighted by molar-refractivity contribution is -0.386. The highest BCUT2D eigenvalue weighted by molar-refractivity contribution is 6.33. The Morgan fingerprint density at radius 2 is 1.75 bits per heavy atom. The van der Waals surface area contributed by atoms with Crippen LogP contribution in [0.25, 0.3) is 23.5 Å². The van der Waals surface area contributed by atoms with Crippen LogP contribution in [-0.2, 0) is 0 Å². The summed E-state index contributed by atoms with van der Waals surface area (Å²) >= 11 is 6.05. The molecule has 0 aliphatic rings. The number of H-pyrrole nitrogens is 2. The summed E-state index contributed by atoms with van der Waals surface area (Å²) in [7, 11) is 0. The summed E-state index contributed by atoms with van der Waals surface area (Å²) < 4.78 is 5.53. The van der Waals surface area contributed by atoms with Gasteiger partial charge in [0, 0.05) is 17.7 Å². The van der Waals surface area contributed by atoms with Gasteiger partial charge in [-0.3, -0.25) is 30.0 Å². The molecule has 0 atom stereocenters. The second-order valence-electron chi connectivity index (χ2n) is 5.38. The van der Waals surface area contributed by atoms with E-state index in [0.29, 0.717) is 0 Å². The van der Waals surface area contributed by atoms with Crippen LogP contribution in [0.3, 0.4) is 0 Å². The van der Waals surface area contributed by atoms with Gasteiger partial charge in [0.05, 0.1) is 14.9 Å². The summed E-state index contributed by atoms with van der Waals surface area (Å²) in [6, 6.07) is 6.83. The summed E-state index contributed by atoms with van der Waals surface area (Å²) in [4.78, 5) is 47.3. The van der Waals surface area contributed by atoms with Crippen LogP contribution >= 0.6 is 11.6 Å². The number of aromatic amines is 2. The van der Waals surface area contributed by atoms with Gasteiger partial charge in [-0.2, -0.15) is 0 Å². The van der Waals surface area contributed by atoms with Crippen molar-refractivity contribution in [3.8, 4) is 11.3 Å². The highest BCUT2D eigenvalue weighted by atomic mass is 35.5. The number of rotatable bonds is 5. The van der Waals surface area contributed by atoms with Gasteiger partial charge >= 0.3 is 16.9 Å². The van der Waals surface area contributed by atoms with Crippen molar-refractivity contribution in [3.05, 3.63) is 87.9 Å². The summed E-state index contributed by atoms with van der Waals surface area (Å²) in [6.45, 7) is 0. The molecule has 11 nitrogen and oxygen atoms in total. The molecule has 0 bridgehead atoms. The molecule has 2 aromatic heterocycles. The Morgan fingerprint density at radius 1 is 1.00 bits per heavy atom. The first-order valence-corrected chi connectivity index (χ1v) is 7.87. The summed E-state index contributed by atoms with van der Waals surface area (Å²) in [5.74, 6) is 0.426. The monoisotopic (exact) mass is 404 g/mol. The van der Waals surface area contributed by atoms with Gasteiger partial charge in [-0.25, -0.2) is 4.79 Å². The topological polar surface area (TPSA) is 165 Å². The third-order valence-corrected chi connectivity index (χ3v) is 3.92. The molecule has 0 saturated heterocycles. The standard InChI is InChI=1S/C16H9ClN4O7/c17-11-4-1-8(20(24)25)7-10(11)13-6-3-9(28-13)2-5-12-14(21(26)27)15(22)19-16(23)18-12/h1-7H,(H2,18,19,22,23)/b5-2-. The van der Waals surface area contributed by atoms with Crippen molar-refractivity contribution in [1.29, 1.82) is 0 Å². The molecule has 0 aliphatic carbocycles. The molecule has 12 heteroatoms. The third kappa shape index (κ3) is 3.73. The van der Waals surface area contributed by atoms with E-state index in [2.05, 4.69) is 4.98 Å². The maximum absolute atomic E-state index is 11.6. The summed E-state index contributed by atoms with van der Waals surface area (Å²) in [5.41, 5.74) is -3.08. The Labute approximate surface area is 159 Å². The first kappa shape index (κ1) is 18.8. The van der Waals surface area contributed by atoms with E-state index in [1.54, 1.807) is 4.98 Å². The zero-order valence-electron chi connectivity index (χ0n) is 13.7. The fourth-order valence-electron chi connectivity index (χ4n) is 2.37. The Bertz CT molecular complexity index is 1240. The van der Waals surface area contributed by atoms with E-state index < -0.39 is 26.8 Å². The number of nitrogens with one attached hydrogen (secondary N) is 2. The minimum absolute atomic E-state index is 0.176. The van der Waals surface area contributed by atoms with Gasteiger partial charge in [0.25, 0.3) is 5.69 Å². The fourth-order valence-corrected chi connectivity index (χ4v) is 2.58. The SMILES string of the molecule is O=c1[nH]c(/C=C\c2ccc(-c3cc([N+](=O)[O-])ccc3Cl)o2)c([N+](=O)[O-])c(=O)[nH]1. The van der Waals surface area contributed by atoms with Crippen LogP contribution in [0, 0.1) is 20.2 Å². The largest absolute Gasteiger partial charge is 0.457 e. The van der Waals surface area contributed by atoms with Crippen molar-refractivity contribution in [2.24, 2.45) is 0 Å². The van der Waals surface area contributed by atoms with Gasteiger partial charge in [0.2, 0.25) is 0 Å². The van der Waals surface area contributed by atoms with Crippen LogP contribution in [0.4, 0.5) is 11.4 Å². The van der Waals surface area contributed by atoms with Crippen molar-refractivity contribution >= 4 is 35.1 Å². The second-order valence-corrected chi connectivity index (χ2v) is 5.79. The van der Waals surface area contributed by atoms with E-state index in [1.165, 1.54) is 36.4 Å². The van der Waals surface area contributed by atoms with Crippen LogP contribution in [0.5, 0.6) is 0 Å². The molecule has 0 aliphatic heterocycles. The van der Waals surface area contributed by atoms with Crippen molar-refractivity contribution in [1.82, 2.24) is 9.97 Å². The predicted molar refractivity (Wildman–Crippen MR) is 99.1 cm³/mol. The molecule has 28 heavy (non-hydrogen) atoms. The molecule has 2 heterocycles. The molecule has 0 unspecified atom stereocenters. The van der Waals surface area contributed by atoms with Crippen LogP contribution in [0.15, 0.2) is 44.3 Å². The maximum Gasteiger partial charge on any atom is 0.357 e. The molecule has 0 radical (unpaired) electrons. The number of furan rings is 1. The Kier molecular flexibility index (Phi) is 4.92. The van der Waals surface area contributed by atoms with Crippen molar-refractivity contribution < 1.29 is 14.3 Å². The molecule has 0 saturated carbocycles. The number of nitro benzene ring substituents is 1. The smallest absolute Gasteiger partial charge is 0.357 e. The quantitative estimate of drug-likeness (QED) is 0.487. The molecule has 2 N–H and O–H groups in total. The van der Waals surface area contributed by atoms with Crippen LogP contribution in [0.1, 0.15) is 11.5 Å². The van der Waals surface area contributed by atoms with Crippen LogP contribution in [0.2, 0.25) is 5.02 Å². The Hall–Kier alpha value is -3.99. The number of aromatic nitrogens is 2. The molecule has 0 amide bonds. The van der Waals surface area contributed by atoms with Gasteiger partial charge in [0.1, 0.15) is 17.2 Å². The first-order valence-electron chi connectivity index (χ1n) is 7.49.